The van der Waals surface area contributed by atoms with E-state index in [2.05, 4.69) is 15.5 Å². The Morgan fingerprint density at radius 2 is 2.00 bits per heavy atom. The van der Waals surface area contributed by atoms with Crippen LogP contribution >= 0.6 is 0 Å². The third-order valence-electron chi connectivity index (χ3n) is 4.97. The summed E-state index contributed by atoms with van der Waals surface area (Å²) in [5.41, 5.74) is 0.0510. The standard InChI is InChI=1S/C16H17N3O2/c20-15-12-4-2-1-3-11(12)14(18-19-15)16(21)17-13-8-9-5-6-10(13)7-9/h1-4,9-10,13H,5-8H2,(H,17,21)(H,19,20). The zero-order chi connectivity index (χ0) is 14.4. The summed E-state index contributed by atoms with van der Waals surface area (Å²) < 4.78 is 0. The molecule has 108 valence electrons. The fourth-order valence-corrected chi connectivity index (χ4v) is 3.95. The fourth-order valence-electron chi connectivity index (χ4n) is 3.95. The summed E-state index contributed by atoms with van der Waals surface area (Å²) in [6.07, 6.45) is 4.84. The highest BCUT2D eigenvalue weighted by atomic mass is 16.2. The Labute approximate surface area is 121 Å². The molecule has 3 unspecified atom stereocenters. The van der Waals surface area contributed by atoms with Crippen LogP contribution in [0.5, 0.6) is 0 Å². The lowest BCUT2D eigenvalue weighted by molar-refractivity contribution is 0.0918. The Bertz CT molecular complexity index is 767. The molecule has 1 aromatic carbocycles. The van der Waals surface area contributed by atoms with Crippen LogP contribution in [0.3, 0.4) is 0 Å². The number of hydrogen-bond donors (Lipinski definition) is 2. The number of fused-ring (bicyclic) bond motifs is 3. The van der Waals surface area contributed by atoms with Crippen molar-refractivity contribution >= 4 is 16.7 Å². The third-order valence-corrected chi connectivity index (χ3v) is 4.97. The number of amides is 1. The average Bonchev–Trinajstić information content (AvgIpc) is 3.10. The van der Waals surface area contributed by atoms with Crippen LogP contribution in [-0.4, -0.2) is 22.1 Å². The summed E-state index contributed by atoms with van der Waals surface area (Å²) in [4.78, 5) is 24.3. The van der Waals surface area contributed by atoms with Gasteiger partial charge in [-0.1, -0.05) is 24.6 Å². The number of aromatic amines is 1. The second-order valence-corrected chi connectivity index (χ2v) is 6.20. The topological polar surface area (TPSA) is 74.8 Å². The molecular formula is C16H17N3O2. The predicted molar refractivity (Wildman–Crippen MR) is 79.1 cm³/mol. The van der Waals surface area contributed by atoms with E-state index < -0.39 is 0 Å². The van der Waals surface area contributed by atoms with Crippen LogP contribution in [0.1, 0.15) is 36.2 Å². The van der Waals surface area contributed by atoms with Gasteiger partial charge in [0.2, 0.25) is 0 Å². The number of hydrogen-bond acceptors (Lipinski definition) is 3. The monoisotopic (exact) mass is 283 g/mol. The molecule has 1 heterocycles. The zero-order valence-electron chi connectivity index (χ0n) is 11.6. The van der Waals surface area contributed by atoms with E-state index in [4.69, 9.17) is 0 Å². The minimum absolute atomic E-state index is 0.181. The van der Waals surface area contributed by atoms with Crippen molar-refractivity contribution in [2.24, 2.45) is 11.8 Å². The smallest absolute Gasteiger partial charge is 0.272 e. The molecule has 2 saturated carbocycles. The molecule has 0 spiro atoms. The minimum atomic E-state index is -0.262. The lowest BCUT2D eigenvalue weighted by Gasteiger charge is -2.22. The molecule has 3 atom stereocenters. The lowest BCUT2D eigenvalue weighted by Crippen LogP contribution is -2.39. The van der Waals surface area contributed by atoms with Gasteiger partial charge in [-0.25, -0.2) is 5.10 Å². The number of H-pyrrole nitrogens is 1. The normalized spacial score (nSPS) is 27.1. The lowest BCUT2D eigenvalue weighted by atomic mass is 9.95. The van der Waals surface area contributed by atoms with Gasteiger partial charge in [0, 0.05) is 11.4 Å². The number of carbonyl (C=O) groups excluding carboxylic acids is 1. The molecule has 0 radical (unpaired) electrons. The number of carbonyl (C=O) groups is 1. The van der Waals surface area contributed by atoms with Crippen LogP contribution in [0.15, 0.2) is 29.1 Å². The molecule has 2 bridgehead atoms. The summed E-state index contributed by atoms with van der Waals surface area (Å²) in [6.45, 7) is 0. The van der Waals surface area contributed by atoms with Gasteiger partial charge in [0.25, 0.3) is 11.5 Å². The highest BCUT2D eigenvalue weighted by Crippen LogP contribution is 2.44. The van der Waals surface area contributed by atoms with Crippen molar-refractivity contribution < 1.29 is 4.79 Å². The summed E-state index contributed by atoms with van der Waals surface area (Å²) in [5, 5.41) is 10.6. The van der Waals surface area contributed by atoms with E-state index >= 15 is 0 Å². The highest BCUT2D eigenvalue weighted by Gasteiger charge is 2.40. The van der Waals surface area contributed by atoms with Gasteiger partial charge in [-0.3, -0.25) is 9.59 Å². The Balaban J connectivity index is 1.65. The molecular weight excluding hydrogens is 266 g/mol. The quantitative estimate of drug-likeness (QED) is 0.883. The first-order valence-corrected chi connectivity index (χ1v) is 7.50. The van der Waals surface area contributed by atoms with Crippen LogP contribution < -0.4 is 10.9 Å². The van der Waals surface area contributed by atoms with E-state index in [1.54, 1.807) is 18.2 Å². The van der Waals surface area contributed by atoms with E-state index in [1.807, 2.05) is 6.07 Å². The molecule has 2 aromatic rings. The van der Waals surface area contributed by atoms with Gasteiger partial charge in [0.15, 0.2) is 5.69 Å². The molecule has 1 amide bonds. The summed E-state index contributed by atoms with van der Waals surface area (Å²) in [5.74, 6) is 1.22. The Hall–Kier alpha value is -2.17. The van der Waals surface area contributed by atoms with Crippen LogP contribution in [0, 0.1) is 11.8 Å². The number of rotatable bonds is 2. The molecule has 0 aliphatic heterocycles. The molecule has 2 aliphatic rings. The zero-order valence-corrected chi connectivity index (χ0v) is 11.6. The molecule has 5 heteroatoms. The second kappa shape index (κ2) is 4.69. The maximum atomic E-state index is 12.5. The number of benzene rings is 1. The van der Waals surface area contributed by atoms with Crippen molar-refractivity contribution in [2.75, 3.05) is 0 Å². The van der Waals surface area contributed by atoms with Crippen LogP contribution in [0.25, 0.3) is 10.8 Å². The van der Waals surface area contributed by atoms with Gasteiger partial charge in [0.05, 0.1) is 5.39 Å². The first-order chi connectivity index (χ1) is 10.2. The average molecular weight is 283 g/mol. The van der Waals surface area contributed by atoms with E-state index in [0.717, 1.165) is 12.3 Å². The third kappa shape index (κ3) is 2.04. The summed E-state index contributed by atoms with van der Waals surface area (Å²) in [6, 6.07) is 7.36. The summed E-state index contributed by atoms with van der Waals surface area (Å²) >= 11 is 0. The van der Waals surface area contributed by atoms with Crippen LogP contribution in [0.2, 0.25) is 0 Å². The van der Waals surface area contributed by atoms with Crippen molar-refractivity contribution in [2.45, 2.75) is 31.7 Å². The fraction of sp³-hybridized carbons (Fsp3) is 0.438. The maximum absolute atomic E-state index is 12.5. The number of nitrogens with zero attached hydrogens (tertiary/aromatic N) is 1. The number of nitrogens with one attached hydrogen (secondary N) is 2. The maximum Gasteiger partial charge on any atom is 0.272 e. The van der Waals surface area contributed by atoms with E-state index in [0.29, 0.717) is 22.4 Å². The molecule has 5 nitrogen and oxygen atoms in total. The molecule has 1 aromatic heterocycles. The van der Waals surface area contributed by atoms with E-state index in [1.165, 1.54) is 19.3 Å². The Morgan fingerprint density at radius 1 is 1.19 bits per heavy atom. The van der Waals surface area contributed by atoms with Crippen molar-refractivity contribution in [1.29, 1.82) is 0 Å². The number of aromatic nitrogens is 2. The van der Waals surface area contributed by atoms with Gasteiger partial charge in [-0.05, 0) is 37.2 Å². The minimum Gasteiger partial charge on any atom is -0.348 e. The van der Waals surface area contributed by atoms with Crippen LogP contribution in [-0.2, 0) is 0 Å². The SMILES string of the molecule is O=C(NC1CC2CCC1C2)c1n[nH]c(=O)c2ccccc12. The van der Waals surface area contributed by atoms with E-state index in [9.17, 15) is 9.59 Å². The summed E-state index contributed by atoms with van der Waals surface area (Å²) in [7, 11) is 0. The Morgan fingerprint density at radius 3 is 2.71 bits per heavy atom. The van der Waals surface area contributed by atoms with Gasteiger partial charge in [0.1, 0.15) is 0 Å². The molecule has 0 saturated heterocycles. The predicted octanol–water partition coefficient (Wildman–Crippen LogP) is 1.84. The molecule has 2 N–H and O–H groups in total. The van der Waals surface area contributed by atoms with E-state index in [-0.39, 0.29) is 17.5 Å². The van der Waals surface area contributed by atoms with Gasteiger partial charge in [-0.2, -0.15) is 5.10 Å². The second-order valence-electron chi connectivity index (χ2n) is 6.20. The molecule has 4 rings (SSSR count). The largest absolute Gasteiger partial charge is 0.348 e. The van der Waals surface area contributed by atoms with Crippen molar-refractivity contribution in [3.05, 3.63) is 40.3 Å². The Kier molecular flexibility index (Phi) is 2.80. The first kappa shape index (κ1) is 12.6. The van der Waals surface area contributed by atoms with Gasteiger partial charge < -0.3 is 5.32 Å². The first-order valence-electron chi connectivity index (χ1n) is 7.50. The van der Waals surface area contributed by atoms with Crippen molar-refractivity contribution in [1.82, 2.24) is 15.5 Å². The van der Waals surface area contributed by atoms with Crippen molar-refractivity contribution in [3.63, 3.8) is 0 Å². The molecule has 21 heavy (non-hydrogen) atoms. The highest BCUT2D eigenvalue weighted by molar-refractivity contribution is 6.04. The van der Waals surface area contributed by atoms with Gasteiger partial charge >= 0.3 is 0 Å². The van der Waals surface area contributed by atoms with Crippen LogP contribution in [0.4, 0.5) is 0 Å². The molecule has 2 fully saturated rings. The van der Waals surface area contributed by atoms with Gasteiger partial charge in [-0.15, -0.1) is 0 Å². The molecule has 2 aliphatic carbocycles. The van der Waals surface area contributed by atoms with Crippen molar-refractivity contribution in [3.8, 4) is 0 Å².